The van der Waals surface area contributed by atoms with Gasteiger partial charge in [0, 0.05) is 31.0 Å². The van der Waals surface area contributed by atoms with Gasteiger partial charge in [-0.25, -0.2) is 0 Å². The first-order valence-corrected chi connectivity index (χ1v) is 9.08. The lowest BCUT2D eigenvalue weighted by Crippen LogP contribution is -2.39. The van der Waals surface area contributed by atoms with Gasteiger partial charge in [-0.1, -0.05) is 6.07 Å². The summed E-state index contributed by atoms with van der Waals surface area (Å²) in [6, 6.07) is 9.56. The van der Waals surface area contributed by atoms with Gasteiger partial charge in [0.2, 0.25) is 0 Å². The zero-order valence-corrected chi connectivity index (χ0v) is 15.2. The second-order valence-corrected chi connectivity index (χ2v) is 6.62. The molecule has 1 unspecified atom stereocenters. The molecule has 8 nitrogen and oxygen atoms in total. The van der Waals surface area contributed by atoms with E-state index in [1.165, 1.54) is 18.4 Å². The molecule has 1 saturated heterocycles. The van der Waals surface area contributed by atoms with Crippen LogP contribution >= 0.6 is 0 Å². The number of carbonyl (C=O) groups excluding carboxylic acids is 2. The number of amides is 2. The van der Waals surface area contributed by atoms with Gasteiger partial charge in [0.25, 0.3) is 11.8 Å². The van der Waals surface area contributed by atoms with Crippen LogP contribution in [0.3, 0.4) is 0 Å². The Labute approximate surface area is 161 Å². The van der Waals surface area contributed by atoms with Gasteiger partial charge in [-0.2, -0.15) is 0 Å². The molecule has 3 rings (SSSR count). The third kappa shape index (κ3) is 4.98. The van der Waals surface area contributed by atoms with Crippen LogP contribution in [0, 0.1) is 11.8 Å². The molecule has 8 heteroatoms. The lowest BCUT2D eigenvalue weighted by Gasteiger charge is -2.27. The van der Waals surface area contributed by atoms with Crippen LogP contribution in [0.5, 0.6) is 0 Å². The highest BCUT2D eigenvalue weighted by atomic mass is 16.5. The second-order valence-electron chi connectivity index (χ2n) is 6.62. The average Bonchev–Trinajstić information content (AvgIpc) is 3.24. The van der Waals surface area contributed by atoms with Gasteiger partial charge in [0.15, 0.2) is 5.76 Å². The number of carboxylic acid groups (broad SMARTS) is 1. The van der Waals surface area contributed by atoms with Crippen molar-refractivity contribution in [1.82, 2.24) is 5.32 Å². The van der Waals surface area contributed by atoms with Crippen LogP contribution in [0.2, 0.25) is 0 Å². The summed E-state index contributed by atoms with van der Waals surface area (Å²) in [4.78, 5) is 36.1. The van der Waals surface area contributed by atoms with Crippen LogP contribution in [0.1, 0.15) is 33.8 Å². The van der Waals surface area contributed by atoms with Gasteiger partial charge in [-0.15, -0.1) is 0 Å². The summed E-state index contributed by atoms with van der Waals surface area (Å²) < 4.78 is 10.3. The summed E-state index contributed by atoms with van der Waals surface area (Å²) in [5.41, 5.74) is 0.765. The van der Waals surface area contributed by atoms with Gasteiger partial charge in [0.1, 0.15) is 0 Å². The number of rotatable bonds is 7. The molecule has 148 valence electrons. The Morgan fingerprint density at radius 1 is 1.11 bits per heavy atom. The predicted octanol–water partition coefficient (Wildman–Crippen LogP) is 2.39. The molecular weight excluding hydrogens is 364 g/mol. The van der Waals surface area contributed by atoms with Gasteiger partial charge >= 0.3 is 5.97 Å². The van der Waals surface area contributed by atoms with Gasteiger partial charge < -0.3 is 24.9 Å². The Kier molecular flexibility index (Phi) is 6.44. The fourth-order valence-corrected chi connectivity index (χ4v) is 3.22. The highest BCUT2D eigenvalue weighted by molar-refractivity contribution is 6.03. The maximum Gasteiger partial charge on any atom is 0.308 e. The number of ether oxygens (including phenoxy) is 1. The van der Waals surface area contributed by atoms with Crippen LogP contribution in [-0.2, 0) is 9.53 Å². The van der Waals surface area contributed by atoms with E-state index in [2.05, 4.69) is 10.6 Å². The summed E-state index contributed by atoms with van der Waals surface area (Å²) in [5.74, 6) is -2.26. The lowest BCUT2D eigenvalue weighted by molar-refractivity contribution is -0.144. The molecule has 0 bridgehead atoms. The summed E-state index contributed by atoms with van der Waals surface area (Å²) in [7, 11) is 0. The monoisotopic (exact) mass is 386 g/mol. The number of benzene rings is 1. The largest absolute Gasteiger partial charge is 0.481 e. The predicted molar refractivity (Wildman–Crippen MR) is 100 cm³/mol. The summed E-state index contributed by atoms with van der Waals surface area (Å²) in [6.45, 7) is 1.13. The quantitative estimate of drug-likeness (QED) is 0.672. The van der Waals surface area contributed by atoms with E-state index in [9.17, 15) is 19.5 Å². The van der Waals surface area contributed by atoms with Crippen LogP contribution < -0.4 is 10.6 Å². The molecule has 28 heavy (non-hydrogen) atoms. The third-order valence-electron chi connectivity index (χ3n) is 4.76. The molecule has 1 aromatic carbocycles. The minimum absolute atomic E-state index is 0.0227. The van der Waals surface area contributed by atoms with Crippen molar-refractivity contribution in [2.24, 2.45) is 11.8 Å². The lowest BCUT2D eigenvalue weighted by atomic mass is 9.86. The molecule has 1 aliphatic rings. The molecule has 1 fully saturated rings. The zero-order valence-electron chi connectivity index (χ0n) is 15.2. The van der Waals surface area contributed by atoms with E-state index in [0.717, 1.165) is 0 Å². The summed E-state index contributed by atoms with van der Waals surface area (Å²) in [5, 5.41) is 14.8. The number of furan rings is 1. The third-order valence-corrected chi connectivity index (χ3v) is 4.76. The van der Waals surface area contributed by atoms with E-state index < -0.39 is 23.7 Å². The smallest absolute Gasteiger partial charge is 0.308 e. The van der Waals surface area contributed by atoms with Crippen molar-refractivity contribution in [3.63, 3.8) is 0 Å². The minimum atomic E-state index is -0.924. The van der Waals surface area contributed by atoms with Gasteiger partial charge in [0.05, 0.1) is 12.2 Å². The standard InChI is InChI=1S/C20H22N2O6/c23-18(21-12-16(20(25)26)13-6-9-27-10-7-13)14-3-1-4-15(11-14)22-19(24)17-5-2-8-28-17/h1-5,8,11,13,16H,6-7,9-10,12H2,(H,21,23)(H,22,24)(H,25,26). The number of anilines is 1. The summed E-state index contributed by atoms with van der Waals surface area (Å²) >= 11 is 0. The minimum Gasteiger partial charge on any atom is -0.481 e. The zero-order chi connectivity index (χ0) is 19.9. The Morgan fingerprint density at radius 3 is 2.57 bits per heavy atom. The number of nitrogens with one attached hydrogen (secondary N) is 2. The van der Waals surface area contributed by atoms with Crippen LogP contribution in [0.15, 0.2) is 47.1 Å². The molecule has 0 aliphatic carbocycles. The van der Waals surface area contributed by atoms with Gasteiger partial charge in [-0.05, 0) is 49.1 Å². The van der Waals surface area contributed by atoms with Crippen molar-refractivity contribution in [3.8, 4) is 0 Å². The molecule has 2 heterocycles. The van der Waals surface area contributed by atoms with Crippen LogP contribution in [-0.4, -0.2) is 42.6 Å². The molecule has 1 atom stereocenters. The van der Waals surface area contributed by atoms with Crippen molar-refractivity contribution >= 4 is 23.5 Å². The Morgan fingerprint density at radius 2 is 1.89 bits per heavy atom. The Balaban J connectivity index is 1.60. The topological polar surface area (TPSA) is 118 Å². The fraction of sp³-hybridized carbons (Fsp3) is 0.350. The molecule has 2 aromatic rings. The van der Waals surface area contributed by atoms with Crippen molar-refractivity contribution < 1.29 is 28.6 Å². The van der Waals surface area contributed by atoms with E-state index in [1.807, 2.05) is 0 Å². The first kappa shape index (κ1) is 19.6. The Bertz CT molecular complexity index is 827. The van der Waals surface area contributed by atoms with Crippen molar-refractivity contribution in [1.29, 1.82) is 0 Å². The van der Waals surface area contributed by atoms with E-state index >= 15 is 0 Å². The number of hydrogen-bond acceptors (Lipinski definition) is 5. The maximum absolute atomic E-state index is 12.5. The summed E-state index contributed by atoms with van der Waals surface area (Å²) in [6.07, 6.45) is 2.73. The fourth-order valence-electron chi connectivity index (χ4n) is 3.22. The molecule has 3 N–H and O–H groups in total. The normalized spacial score (nSPS) is 15.6. The highest BCUT2D eigenvalue weighted by Gasteiger charge is 2.30. The molecule has 0 saturated carbocycles. The molecular formula is C20H22N2O6. The number of carbonyl (C=O) groups is 3. The van der Waals surface area contributed by atoms with E-state index in [1.54, 1.807) is 24.3 Å². The number of aliphatic carboxylic acids is 1. The molecule has 1 aliphatic heterocycles. The molecule has 0 radical (unpaired) electrons. The van der Waals surface area contributed by atoms with Crippen molar-refractivity contribution in [2.75, 3.05) is 25.1 Å². The number of carboxylic acids is 1. The van der Waals surface area contributed by atoms with E-state index in [4.69, 9.17) is 9.15 Å². The van der Waals surface area contributed by atoms with Crippen LogP contribution in [0.4, 0.5) is 5.69 Å². The maximum atomic E-state index is 12.5. The molecule has 1 aromatic heterocycles. The van der Waals surface area contributed by atoms with E-state index in [0.29, 0.717) is 37.3 Å². The van der Waals surface area contributed by atoms with Gasteiger partial charge in [-0.3, -0.25) is 14.4 Å². The average molecular weight is 386 g/mol. The molecule has 0 spiro atoms. The number of hydrogen-bond donors (Lipinski definition) is 3. The first-order valence-electron chi connectivity index (χ1n) is 9.08. The highest BCUT2D eigenvalue weighted by Crippen LogP contribution is 2.24. The first-order chi connectivity index (χ1) is 13.5. The Hall–Kier alpha value is -3.13. The second kappa shape index (κ2) is 9.18. The van der Waals surface area contributed by atoms with E-state index in [-0.39, 0.29) is 18.2 Å². The van der Waals surface area contributed by atoms with Crippen molar-refractivity contribution in [3.05, 3.63) is 54.0 Å². The SMILES string of the molecule is O=C(NCC(C(=O)O)C1CCOCC1)c1cccc(NC(=O)c2ccco2)c1. The van der Waals surface area contributed by atoms with Crippen molar-refractivity contribution in [2.45, 2.75) is 12.8 Å². The molecule has 2 amide bonds. The van der Waals surface area contributed by atoms with Crippen LogP contribution in [0.25, 0.3) is 0 Å².